The molecule has 0 aromatic heterocycles. The molecule has 0 unspecified atom stereocenters. The Balaban J connectivity index is 1.58. The van der Waals surface area contributed by atoms with Gasteiger partial charge in [0.1, 0.15) is 11.6 Å². The number of benzene rings is 2. The van der Waals surface area contributed by atoms with Crippen LogP contribution in [0.1, 0.15) is 28.8 Å². The van der Waals surface area contributed by atoms with Gasteiger partial charge in [-0.1, -0.05) is 6.07 Å². The summed E-state index contributed by atoms with van der Waals surface area (Å²) in [6.45, 7) is 0.383. The summed E-state index contributed by atoms with van der Waals surface area (Å²) in [6, 6.07) is 7.78. The maximum Gasteiger partial charge on any atom is 0.255 e. The number of Topliss-reactive ketones (excluding diaryl/α,β-unsaturated/α-hetero) is 1. The Labute approximate surface area is 189 Å². The molecule has 2 aromatic rings. The van der Waals surface area contributed by atoms with Gasteiger partial charge in [0.15, 0.2) is 23.9 Å². The highest BCUT2D eigenvalue weighted by atomic mass is 19.1. The van der Waals surface area contributed by atoms with Gasteiger partial charge in [-0.05, 0) is 54.8 Å². The number of methoxy groups -OCH3 is 1. The predicted molar refractivity (Wildman–Crippen MR) is 117 cm³/mol. The van der Waals surface area contributed by atoms with Crippen molar-refractivity contribution in [3.8, 4) is 11.5 Å². The summed E-state index contributed by atoms with van der Waals surface area (Å²) >= 11 is 0. The monoisotopic (exact) mass is 458 g/mol. The molecule has 7 nitrogen and oxygen atoms in total. The second-order valence-corrected chi connectivity index (χ2v) is 7.59. The van der Waals surface area contributed by atoms with Gasteiger partial charge >= 0.3 is 0 Å². The quantitative estimate of drug-likeness (QED) is 0.484. The van der Waals surface area contributed by atoms with Crippen molar-refractivity contribution in [3.05, 3.63) is 65.2 Å². The van der Waals surface area contributed by atoms with Crippen LogP contribution in [0, 0.1) is 17.6 Å². The first kappa shape index (κ1) is 23.9. The first-order chi connectivity index (χ1) is 15.8. The van der Waals surface area contributed by atoms with E-state index in [2.05, 4.69) is 0 Å². The van der Waals surface area contributed by atoms with Gasteiger partial charge in [-0.2, -0.15) is 0 Å². The number of piperidine rings is 1. The minimum absolute atomic E-state index is 0.231. The molecule has 1 saturated heterocycles. The Kier molecular flexibility index (Phi) is 7.76. The van der Waals surface area contributed by atoms with Crippen LogP contribution in [0.15, 0.2) is 42.5 Å². The molecule has 0 saturated carbocycles. The molecular formula is C24H24F2N2O5. The molecule has 2 N–H and O–H groups in total. The Morgan fingerprint density at radius 2 is 1.82 bits per heavy atom. The maximum atomic E-state index is 13.9. The maximum absolute atomic E-state index is 13.9. The third kappa shape index (κ3) is 6.15. The Hall–Kier alpha value is -3.75. The number of hydrogen-bond acceptors (Lipinski definition) is 5. The number of ketones is 1. The van der Waals surface area contributed by atoms with E-state index in [4.69, 9.17) is 15.2 Å². The Morgan fingerprint density at radius 1 is 1.09 bits per heavy atom. The predicted octanol–water partition coefficient (Wildman–Crippen LogP) is 2.97. The van der Waals surface area contributed by atoms with Gasteiger partial charge in [-0.3, -0.25) is 14.4 Å². The van der Waals surface area contributed by atoms with Crippen LogP contribution in [-0.4, -0.2) is 49.3 Å². The fourth-order valence-corrected chi connectivity index (χ4v) is 3.60. The number of rotatable bonds is 8. The first-order valence-electron chi connectivity index (χ1n) is 10.3. The van der Waals surface area contributed by atoms with Crippen LogP contribution in [0.4, 0.5) is 8.78 Å². The number of ether oxygens (including phenoxy) is 2. The molecule has 1 aliphatic rings. The van der Waals surface area contributed by atoms with Crippen molar-refractivity contribution in [2.75, 3.05) is 26.8 Å². The molecule has 1 heterocycles. The van der Waals surface area contributed by atoms with Crippen LogP contribution >= 0.6 is 0 Å². The largest absolute Gasteiger partial charge is 0.493 e. The van der Waals surface area contributed by atoms with Gasteiger partial charge in [0.2, 0.25) is 5.91 Å². The summed E-state index contributed by atoms with van der Waals surface area (Å²) in [7, 11) is 1.45. The smallest absolute Gasteiger partial charge is 0.255 e. The van der Waals surface area contributed by atoms with Crippen LogP contribution in [0.3, 0.4) is 0 Å². The average Bonchev–Trinajstić information content (AvgIpc) is 2.82. The number of likely N-dealkylation sites (tertiary alicyclic amines) is 1. The van der Waals surface area contributed by atoms with Crippen molar-refractivity contribution in [3.63, 3.8) is 0 Å². The van der Waals surface area contributed by atoms with E-state index in [9.17, 15) is 23.2 Å². The van der Waals surface area contributed by atoms with Crippen molar-refractivity contribution in [1.82, 2.24) is 4.90 Å². The molecule has 0 bridgehead atoms. The fourth-order valence-electron chi connectivity index (χ4n) is 3.60. The molecule has 33 heavy (non-hydrogen) atoms. The lowest BCUT2D eigenvalue weighted by Gasteiger charge is -2.30. The van der Waals surface area contributed by atoms with E-state index >= 15 is 0 Å². The van der Waals surface area contributed by atoms with Gasteiger partial charge in [0.25, 0.3) is 5.91 Å². The van der Waals surface area contributed by atoms with E-state index in [1.807, 2.05) is 0 Å². The summed E-state index contributed by atoms with van der Waals surface area (Å²) in [5.41, 5.74) is 5.50. The molecule has 0 spiro atoms. The van der Waals surface area contributed by atoms with Gasteiger partial charge in [0, 0.05) is 25.1 Å². The SMILES string of the molecule is COc1cc(/C=C/C(=O)N2CCC(C(=O)c3cc(F)ccc3F)CC2)ccc1OCC(N)=O. The van der Waals surface area contributed by atoms with Crippen molar-refractivity contribution < 1.29 is 32.6 Å². The molecule has 3 rings (SSSR count). The lowest BCUT2D eigenvalue weighted by molar-refractivity contribution is -0.127. The lowest BCUT2D eigenvalue weighted by atomic mass is 9.88. The van der Waals surface area contributed by atoms with Crippen LogP contribution in [0.2, 0.25) is 0 Å². The fraction of sp³-hybridized carbons (Fsp3) is 0.292. The zero-order chi connectivity index (χ0) is 24.0. The lowest BCUT2D eigenvalue weighted by Crippen LogP contribution is -2.39. The van der Waals surface area contributed by atoms with Gasteiger partial charge in [-0.25, -0.2) is 8.78 Å². The molecule has 0 atom stereocenters. The minimum Gasteiger partial charge on any atom is -0.493 e. The highest BCUT2D eigenvalue weighted by Gasteiger charge is 2.29. The number of amides is 2. The van der Waals surface area contributed by atoms with Crippen LogP contribution < -0.4 is 15.2 Å². The zero-order valence-electron chi connectivity index (χ0n) is 18.1. The summed E-state index contributed by atoms with van der Waals surface area (Å²) < 4.78 is 37.8. The number of nitrogens with two attached hydrogens (primary N) is 1. The molecule has 0 radical (unpaired) electrons. The molecule has 9 heteroatoms. The van der Waals surface area contributed by atoms with Crippen molar-refractivity contribution in [2.45, 2.75) is 12.8 Å². The second kappa shape index (κ2) is 10.7. The highest BCUT2D eigenvalue weighted by Crippen LogP contribution is 2.29. The van der Waals surface area contributed by atoms with E-state index < -0.39 is 29.2 Å². The van der Waals surface area contributed by atoms with Gasteiger partial charge < -0.3 is 20.1 Å². The Bertz CT molecular complexity index is 1080. The molecule has 0 aliphatic carbocycles. The summed E-state index contributed by atoms with van der Waals surface area (Å²) in [5, 5.41) is 0. The number of halogens is 2. The molecule has 1 aliphatic heterocycles. The van der Waals surface area contributed by atoms with E-state index in [-0.39, 0.29) is 18.1 Å². The molecule has 174 valence electrons. The second-order valence-electron chi connectivity index (χ2n) is 7.59. The van der Waals surface area contributed by atoms with Gasteiger partial charge in [0.05, 0.1) is 12.7 Å². The van der Waals surface area contributed by atoms with E-state index in [0.29, 0.717) is 43.0 Å². The van der Waals surface area contributed by atoms with Crippen LogP contribution in [0.5, 0.6) is 11.5 Å². The molecule has 1 fully saturated rings. The summed E-state index contributed by atoms with van der Waals surface area (Å²) in [6.07, 6.45) is 3.76. The zero-order valence-corrected chi connectivity index (χ0v) is 18.1. The van der Waals surface area contributed by atoms with Crippen molar-refractivity contribution in [1.29, 1.82) is 0 Å². The summed E-state index contributed by atoms with van der Waals surface area (Å²) in [5.74, 6) is -2.43. The van der Waals surface area contributed by atoms with E-state index in [0.717, 1.165) is 18.2 Å². The minimum atomic E-state index is -0.746. The molecule has 2 amide bonds. The van der Waals surface area contributed by atoms with Gasteiger partial charge in [-0.15, -0.1) is 0 Å². The third-order valence-corrected chi connectivity index (χ3v) is 5.35. The number of nitrogens with zero attached hydrogens (tertiary/aromatic N) is 1. The standard InChI is InChI=1S/C24H24F2N2O5/c1-32-21-12-15(2-6-20(21)33-14-22(27)29)3-7-23(30)28-10-8-16(9-11-28)24(31)18-13-17(25)4-5-19(18)26/h2-7,12-13,16H,8-11,14H2,1H3,(H2,27,29)/b7-3+. The molecule has 2 aromatic carbocycles. The van der Waals surface area contributed by atoms with Crippen molar-refractivity contribution in [2.24, 2.45) is 11.7 Å². The van der Waals surface area contributed by atoms with Crippen LogP contribution in [-0.2, 0) is 9.59 Å². The number of primary amides is 1. The Morgan fingerprint density at radius 3 is 2.48 bits per heavy atom. The highest BCUT2D eigenvalue weighted by molar-refractivity contribution is 5.98. The number of carbonyl (C=O) groups is 3. The normalized spacial score (nSPS) is 14.3. The average molecular weight is 458 g/mol. The van der Waals surface area contributed by atoms with Crippen molar-refractivity contribution >= 4 is 23.7 Å². The van der Waals surface area contributed by atoms with E-state index in [1.54, 1.807) is 29.2 Å². The van der Waals surface area contributed by atoms with E-state index in [1.165, 1.54) is 13.2 Å². The molecular weight excluding hydrogens is 434 g/mol. The number of hydrogen-bond donors (Lipinski definition) is 1. The topological polar surface area (TPSA) is 98.9 Å². The third-order valence-electron chi connectivity index (χ3n) is 5.35. The summed E-state index contributed by atoms with van der Waals surface area (Å²) in [4.78, 5) is 37.6. The number of carbonyl (C=O) groups excluding carboxylic acids is 3. The van der Waals surface area contributed by atoms with Crippen LogP contribution in [0.25, 0.3) is 6.08 Å². The first-order valence-corrected chi connectivity index (χ1v) is 10.3.